The Morgan fingerprint density at radius 2 is 2.14 bits per heavy atom. The van der Waals surface area contributed by atoms with E-state index in [-0.39, 0.29) is 41.9 Å². The highest BCUT2D eigenvalue weighted by Crippen LogP contribution is 2.30. The fourth-order valence-electron chi connectivity index (χ4n) is 2.97. The zero-order valence-corrected chi connectivity index (χ0v) is 12.1. The number of nitrogens with two attached hydrogens (primary N) is 1. The highest BCUT2D eigenvalue weighted by Gasteiger charge is 2.41. The van der Waals surface area contributed by atoms with E-state index < -0.39 is 23.8 Å². The van der Waals surface area contributed by atoms with Crippen LogP contribution in [0.15, 0.2) is 23.0 Å². The summed E-state index contributed by atoms with van der Waals surface area (Å²) in [4.78, 5) is 41.3. The highest BCUT2D eigenvalue weighted by atomic mass is 16.2. The number of ketones is 2. The Bertz CT molecular complexity index is 923. The van der Waals surface area contributed by atoms with Gasteiger partial charge in [0, 0.05) is 14.8 Å². The lowest BCUT2D eigenvalue weighted by Crippen LogP contribution is -2.49. The fraction of sp³-hybridized carbons (Fsp3) is 0.375. The summed E-state index contributed by atoms with van der Waals surface area (Å²) in [6.45, 7) is 0.00704. The molecule has 114 valence electrons. The van der Waals surface area contributed by atoms with E-state index in [0.717, 1.165) is 4.57 Å². The Morgan fingerprint density at radius 3 is 2.82 bits per heavy atom. The molecule has 0 saturated heterocycles. The van der Waals surface area contributed by atoms with Gasteiger partial charge >= 0.3 is 0 Å². The number of benzene rings is 1. The molecule has 1 aromatic heterocycles. The summed E-state index contributed by atoms with van der Waals surface area (Å²) in [5.74, 6) is -0.699. The number of nitrogen functional groups attached to an aromatic ring is 1. The first-order chi connectivity index (χ1) is 11.3. The molecule has 1 unspecified atom stereocenters. The summed E-state index contributed by atoms with van der Waals surface area (Å²) in [6.07, 6.45) is 0.0483. The second-order valence-corrected chi connectivity index (χ2v) is 5.76. The molecule has 1 heterocycles. The standard InChI is InChI=1S/C16H17N3O3/c1-9-18-12-5-3-4-11(17)14(12)15(22)19(9)16(2)7-6-10(20)8-13(16)21/h3-5H,6-8,17H2,1-2H3/i1D2. The summed E-state index contributed by atoms with van der Waals surface area (Å²) in [6, 6.07) is 4.77. The van der Waals surface area contributed by atoms with E-state index in [1.165, 1.54) is 0 Å². The van der Waals surface area contributed by atoms with Crippen molar-refractivity contribution in [2.45, 2.75) is 38.6 Å². The summed E-state index contributed by atoms with van der Waals surface area (Å²) < 4.78 is 16.6. The Labute approximate surface area is 129 Å². The van der Waals surface area contributed by atoms with Crippen LogP contribution in [-0.4, -0.2) is 21.1 Å². The Morgan fingerprint density at radius 1 is 1.36 bits per heavy atom. The summed E-state index contributed by atoms with van der Waals surface area (Å²) >= 11 is 0. The van der Waals surface area contributed by atoms with E-state index in [9.17, 15) is 14.4 Å². The molecule has 1 aromatic carbocycles. The lowest BCUT2D eigenvalue weighted by molar-refractivity contribution is -0.136. The number of anilines is 1. The third-order valence-electron chi connectivity index (χ3n) is 4.30. The van der Waals surface area contributed by atoms with Gasteiger partial charge in [0.05, 0.1) is 17.3 Å². The van der Waals surface area contributed by atoms with Gasteiger partial charge in [-0.1, -0.05) is 6.07 Å². The molecule has 1 fully saturated rings. The monoisotopic (exact) mass is 301 g/mol. The topological polar surface area (TPSA) is 95.0 Å². The van der Waals surface area contributed by atoms with E-state index in [2.05, 4.69) is 4.98 Å². The Balaban J connectivity index is 2.38. The minimum Gasteiger partial charge on any atom is -0.398 e. The number of hydrogen-bond acceptors (Lipinski definition) is 5. The molecule has 2 aromatic rings. The van der Waals surface area contributed by atoms with Crippen LogP contribution in [0.25, 0.3) is 10.9 Å². The minimum atomic E-state index is -1.55. The number of carbonyl (C=O) groups excluding carboxylic acids is 2. The molecule has 2 N–H and O–H groups in total. The van der Waals surface area contributed by atoms with Crippen LogP contribution in [0.4, 0.5) is 5.69 Å². The molecule has 6 nitrogen and oxygen atoms in total. The van der Waals surface area contributed by atoms with Gasteiger partial charge in [-0.25, -0.2) is 4.98 Å². The number of carbonyl (C=O) groups is 2. The third-order valence-corrected chi connectivity index (χ3v) is 4.30. The third kappa shape index (κ3) is 1.94. The van der Waals surface area contributed by atoms with Gasteiger partial charge in [-0.15, -0.1) is 0 Å². The maximum absolute atomic E-state index is 13.0. The van der Waals surface area contributed by atoms with Crippen molar-refractivity contribution in [1.29, 1.82) is 0 Å². The van der Waals surface area contributed by atoms with Crippen molar-refractivity contribution in [2.24, 2.45) is 0 Å². The van der Waals surface area contributed by atoms with Crippen LogP contribution >= 0.6 is 0 Å². The van der Waals surface area contributed by atoms with E-state index in [1.54, 1.807) is 25.1 Å². The first kappa shape index (κ1) is 12.1. The number of Topliss-reactive ketones (excluding diaryl/α,β-unsaturated/α-hetero) is 2. The zero-order valence-electron chi connectivity index (χ0n) is 14.1. The molecular weight excluding hydrogens is 282 g/mol. The van der Waals surface area contributed by atoms with Crippen molar-refractivity contribution < 1.29 is 12.3 Å². The number of rotatable bonds is 1. The van der Waals surface area contributed by atoms with Gasteiger partial charge in [0.2, 0.25) is 0 Å². The van der Waals surface area contributed by atoms with E-state index in [1.807, 2.05) is 0 Å². The molecule has 3 rings (SSSR count). The van der Waals surface area contributed by atoms with Crippen LogP contribution in [0.1, 0.15) is 34.8 Å². The van der Waals surface area contributed by atoms with Crippen LogP contribution in [0.2, 0.25) is 0 Å². The van der Waals surface area contributed by atoms with Gasteiger partial charge in [-0.2, -0.15) is 0 Å². The molecule has 0 bridgehead atoms. The summed E-state index contributed by atoms with van der Waals surface area (Å²) in [5.41, 5.74) is 4.55. The van der Waals surface area contributed by atoms with Crippen molar-refractivity contribution in [3.8, 4) is 0 Å². The lowest BCUT2D eigenvalue weighted by atomic mass is 9.81. The molecule has 0 aliphatic heterocycles. The van der Waals surface area contributed by atoms with Crippen molar-refractivity contribution in [3.63, 3.8) is 0 Å². The molecule has 1 saturated carbocycles. The predicted octanol–water partition coefficient (Wildman–Crippen LogP) is 1.32. The Hall–Kier alpha value is -2.50. The zero-order chi connectivity index (χ0) is 17.6. The van der Waals surface area contributed by atoms with Gasteiger partial charge in [-0.3, -0.25) is 19.0 Å². The van der Waals surface area contributed by atoms with Gasteiger partial charge in [-0.05, 0) is 32.4 Å². The fourth-order valence-corrected chi connectivity index (χ4v) is 2.97. The van der Waals surface area contributed by atoms with Crippen LogP contribution in [0.3, 0.4) is 0 Å². The number of aromatic nitrogens is 2. The molecule has 1 aliphatic rings. The molecule has 22 heavy (non-hydrogen) atoms. The number of nitrogens with zero attached hydrogens (tertiary/aromatic N) is 2. The average Bonchev–Trinajstić information content (AvgIpc) is 2.51. The maximum atomic E-state index is 13.0. The number of aryl methyl sites for hydroxylation is 1. The van der Waals surface area contributed by atoms with Crippen molar-refractivity contribution >= 4 is 28.2 Å². The lowest BCUT2D eigenvalue weighted by Gasteiger charge is -2.34. The van der Waals surface area contributed by atoms with Crippen LogP contribution in [0.5, 0.6) is 0 Å². The normalized spacial score (nSPS) is 23.7. The first-order valence-corrected chi connectivity index (χ1v) is 6.97. The number of hydrogen-bond donors (Lipinski definition) is 1. The largest absolute Gasteiger partial charge is 0.398 e. The second kappa shape index (κ2) is 4.76. The van der Waals surface area contributed by atoms with Crippen LogP contribution in [-0.2, 0) is 15.1 Å². The smallest absolute Gasteiger partial charge is 0.264 e. The van der Waals surface area contributed by atoms with E-state index >= 15 is 0 Å². The van der Waals surface area contributed by atoms with Crippen molar-refractivity contribution in [1.82, 2.24) is 9.55 Å². The van der Waals surface area contributed by atoms with E-state index in [4.69, 9.17) is 8.48 Å². The number of fused-ring (bicyclic) bond motifs is 1. The van der Waals surface area contributed by atoms with Gasteiger partial charge in [0.25, 0.3) is 5.56 Å². The molecule has 1 aliphatic carbocycles. The maximum Gasteiger partial charge on any atom is 0.264 e. The SMILES string of the molecule is [2H]C([2H])c1nc2cccc(N)c2c(=O)n1C1(C)CCC(=O)CC1=O. The summed E-state index contributed by atoms with van der Waals surface area (Å²) in [5, 5.41) is 0.160. The molecule has 0 amide bonds. The summed E-state index contributed by atoms with van der Waals surface area (Å²) in [7, 11) is 0. The minimum absolute atomic E-state index is 0.122. The molecule has 0 spiro atoms. The second-order valence-electron chi connectivity index (χ2n) is 5.76. The van der Waals surface area contributed by atoms with Crippen molar-refractivity contribution in [3.05, 3.63) is 34.4 Å². The quantitative estimate of drug-likeness (QED) is 0.633. The van der Waals surface area contributed by atoms with Gasteiger partial charge in [0.15, 0.2) is 5.78 Å². The molecule has 0 radical (unpaired) electrons. The highest BCUT2D eigenvalue weighted by molar-refractivity contribution is 6.05. The molecule has 6 heteroatoms. The average molecular weight is 301 g/mol. The molecule has 1 atom stereocenters. The van der Waals surface area contributed by atoms with E-state index in [0.29, 0.717) is 5.52 Å². The first-order valence-electron chi connectivity index (χ1n) is 8.12. The predicted molar refractivity (Wildman–Crippen MR) is 82.7 cm³/mol. The van der Waals surface area contributed by atoms with Gasteiger partial charge < -0.3 is 5.73 Å². The Kier molecular flexibility index (Phi) is 2.61. The van der Waals surface area contributed by atoms with Crippen molar-refractivity contribution in [2.75, 3.05) is 5.73 Å². The van der Waals surface area contributed by atoms with Crippen LogP contribution in [0, 0.1) is 6.88 Å². The van der Waals surface area contributed by atoms with Crippen LogP contribution < -0.4 is 11.3 Å². The molecular formula is C16H17N3O3. The van der Waals surface area contributed by atoms with Gasteiger partial charge in [0.1, 0.15) is 17.1 Å².